The molecule has 1 unspecified atom stereocenters. The fourth-order valence-corrected chi connectivity index (χ4v) is 5.30. The highest BCUT2D eigenvalue weighted by molar-refractivity contribution is 7.89. The van der Waals surface area contributed by atoms with Crippen molar-refractivity contribution in [1.29, 1.82) is 0 Å². The molecule has 3 aromatic rings. The van der Waals surface area contributed by atoms with Crippen LogP contribution in [0.2, 0.25) is 0 Å². The molecular weight excluding hydrogens is 416 g/mol. The Hall–Kier alpha value is -2.98. The number of hydrogen-bond donors (Lipinski definition) is 3. The average Bonchev–Trinajstić information content (AvgIpc) is 3.13. The van der Waals surface area contributed by atoms with Gasteiger partial charge in [0.25, 0.3) is 0 Å². The largest absolute Gasteiger partial charge is 0.346 e. The number of carbonyl (C=O) groups is 1. The first-order valence-corrected chi connectivity index (χ1v) is 11.9. The van der Waals surface area contributed by atoms with E-state index >= 15 is 0 Å². The van der Waals surface area contributed by atoms with Crippen LogP contribution in [0.5, 0.6) is 0 Å². The van der Waals surface area contributed by atoms with Crippen LogP contribution in [0.3, 0.4) is 0 Å². The van der Waals surface area contributed by atoms with Crippen molar-refractivity contribution >= 4 is 38.6 Å². The molecule has 2 aromatic heterocycles. The summed E-state index contributed by atoms with van der Waals surface area (Å²) in [6.07, 6.45) is 6.49. The summed E-state index contributed by atoms with van der Waals surface area (Å²) in [6.45, 7) is 1.98. The summed E-state index contributed by atoms with van der Waals surface area (Å²) in [5.41, 5.74) is 1.80. The molecule has 1 fully saturated rings. The zero-order chi connectivity index (χ0) is 21.8. The lowest BCUT2D eigenvalue weighted by Gasteiger charge is -2.43. The molecule has 1 aliphatic heterocycles. The first-order valence-electron chi connectivity index (χ1n) is 10.4. The highest BCUT2D eigenvalue weighted by Gasteiger charge is 2.47. The molecule has 1 aromatic carbocycles. The van der Waals surface area contributed by atoms with E-state index < -0.39 is 15.6 Å². The maximum absolute atomic E-state index is 13.1. The summed E-state index contributed by atoms with van der Waals surface area (Å²) in [5, 5.41) is 12.3. The molecule has 2 aliphatic rings. The van der Waals surface area contributed by atoms with Crippen molar-refractivity contribution in [2.75, 3.05) is 5.32 Å². The van der Waals surface area contributed by atoms with Crippen LogP contribution >= 0.6 is 0 Å². The number of aromatic nitrogens is 3. The number of sulfonamides is 1. The zero-order valence-electron chi connectivity index (χ0n) is 17.1. The van der Waals surface area contributed by atoms with Gasteiger partial charge in [-0.05, 0) is 50.1 Å². The molecule has 3 heterocycles. The smallest absolute Gasteiger partial charge is 0.246 e. The molecule has 1 atom stereocenters. The van der Waals surface area contributed by atoms with Gasteiger partial charge in [-0.25, -0.2) is 18.5 Å². The van der Waals surface area contributed by atoms with E-state index in [1.54, 1.807) is 18.3 Å². The average molecular weight is 441 g/mol. The fraction of sp³-hybridized carbons (Fsp3) is 0.381. The molecule has 4 N–H and O–H groups in total. The molecule has 1 aliphatic carbocycles. The lowest BCUT2D eigenvalue weighted by molar-refractivity contribution is -0.134. The van der Waals surface area contributed by atoms with E-state index in [-0.39, 0.29) is 16.8 Å². The standard InChI is InChI=1S/C21H24N6O3S/c1-13-17-11-14-12-23-20(25-15-5-7-16(8-6-15)31(22,29)30)26-18(14)27(17)21(19(28)24-13)9-3-2-4-10-21/h5-8,11-13H,2-4,9-10H2,1H3,(H,24,28)(H2,22,29,30)(H,23,25,26). The number of anilines is 2. The first kappa shape index (κ1) is 20.0. The van der Waals surface area contributed by atoms with Crippen LogP contribution in [-0.4, -0.2) is 28.9 Å². The summed E-state index contributed by atoms with van der Waals surface area (Å²) >= 11 is 0. The Morgan fingerprint density at radius 1 is 1.19 bits per heavy atom. The SMILES string of the molecule is CC1NC(=O)C2(CCCCC2)n2c1cc1cnc(Nc3ccc(S(N)(=O)=O)cc3)nc12. The number of hydrogen-bond acceptors (Lipinski definition) is 6. The van der Waals surface area contributed by atoms with Gasteiger partial charge in [0.2, 0.25) is 21.9 Å². The number of nitrogens with two attached hydrogens (primary N) is 1. The number of nitrogens with one attached hydrogen (secondary N) is 2. The molecule has 1 spiro atoms. The number of fused-ring (bicyclic) bond motifs is 4. The van der Waals surface area contributed by atoms with Crippen LogP contribution in [0, 0.1) is 0 Å². The van der Waals surface area contributed by atoms with E-state index in [0.717, 1.165) is 48.8 Å². The highest BCUT2D eigenvalue weighted by atomic mass is 32.2. The second-order valence-corrected chi connectivity index (χ2v) is 9.92. The number of carbonyl (C=O) groups excluding carboxylic acids is 1. The van der Waals surface area contributed by atoms with Crippen LogP contribution in [-0.2, 0) is 20.4 Å². The van der Waals surface area contributed by atoms with Gasteiger partial charge in [0, 0.05) is 23.0 Å². The predicted molar refractivity (Wildman–Crippen MR) is 116 cm³/mol. The molecule has 1 amide bonds. The van der Waals surface area contributed by atoms with Crippen molar-refractivity contribution in [3.05, 3.63) is 42.2 Å². The summed E-state index contributed by atoms with van der Waals surface area (Å²) in [7, 11) is -3.75. The van der Waals surface area contributed by atoms with E-state index in [0.29, 0.717) is 11.6 Å². The maximum Gasteiger partial charge on any atom is 0.246 e. The van der Waals surface area contributed by atoms with Gasteiger partial charge in [-0.3, -0.25) is 4.79 Å². The third-order valence-corrected chi connectivity index (χ3v) is 7.26. The number of primary sulfonamides is 1. The molecule has 0 saturated heterocycles. The third kappa shape index (κ3) is 3.26. The van der Waals surface area contributed by atoms with E-state index in [2.05, 4.69) is 26.3 Å². The minimum atomic E-state index is -3.75. The summed E-state index contributed by atoms with van der Waals surface area (Å²) in [6, 6.07) is 8.03. The Morgan fingerprint density at radius 3 is 2.58 bits per heavy atom. The van der Waals surface area contributed by atoms with Crippen molar-refractivity contribution in [2.45, 2.75) is 55.5 Å². The molecule has 31 heavy (non-hydrogen) atoms. The van der Waals surface area contributed by atoms with Crippen molar-refractivity contribution in [2.24, 2.45) is 5.14 Å². The summed E-state index contributed by atoms with van der Waals surface area (Å²) in [5.74, 6) is 0.442. The normalized spacial score (nSPS) is 20.5. The lowest BCUT2D eigenvalue weighted by atomic mass is 9.79. The second-order valence-electron chi connectivity index (χ2n) is 8.36. The van der Waals surface area contributed by atoms with Gasteiger partial charge in [-0.2, -0.15) is 4.98 Å². The molecule has 10 heteroatoms. The third-order valence-electron chi connectivity index (χ3n) is 6.33. The highest BCUT2D eigenvalue weighted by Crippen LogP contribution is 2.43. The van der Waals surface area contributed by atoms with Crippen molar-refractivity contribution < 1.29 is 13.2 Å². The fourth-order valence-electron chi connectivity index (χ4n) is 4.79. The zero-order valence-corrected chi connectivity index (χ0v) is 17.9. The Labute approximate surface area is 180 Å². The van der Waals surface area contributed by atoms with Crippen LogP contribution in [0.4, 0.5) is 11.6 Å². The van der Waals surface area contributed by atoms with Gasteiger partial charge in [0.1, 0.15) is 11.2 Å². The van der Waals surface area contributed by atoms with Crippen molar-refractivity contribution in [3.63, 3.8) is 0 Å². The van der Waals surface area contributed by atoms with E-state index in [1.807, 2.05) is 6.92 Å². The number of benzene rings is 1. The molecule has 0 radical (unpaired) electrons. The molecule has 5 rings (SSSR count). The van der Waals surface area contributed by atoms with Gasteiger partial charge in [-0.1, -0.05) is 19.3 Å². The van der Waals surface area contributed by atoms with Gasteiger partial charge < -0.3 is 15.2 Å². The Morgan fingerprint density at radius 2 is 1.90 bits per heavy atom. The number of rotatable bonds is 3. The molecule has 0 bridgehead atoms. The predicted octanol–water partition coefficient (Wildman–Crippen LogP) is 2.67. The monoisotopic (exact) mass is 440 g/mol. The lowest BCUT2D eigenvalue weighted by Crippen LogP contribution is -2.55. The summed E-state index contributed by atoms with van der Waals surface area (Å²) in [4.78, 5) is 22.3. The Balaban J connectivity index is 1.57. The van der Waals surface area contributed by atoms with Crippen LogP contribution in [0.25, 0.3) is 11.0 Å². The van der Waals surface area contributed by atoms with Crippen LogP contribution in [0.15, 0.2) is 41.4 Å². The first-order chi connectivity index (χ1) is 14.8. The minimum absolute atomic E-state index is 0.0364. The molecule has 162 valence electrons. The number of nitrogens with zero attached hydrogens (tertiary/aromatic N) is 3. The summed E-state index contributed by atoms with van der Waals surface area (Å²) < 4.78 is 25.0. The topological polar surface area (TPSA) is 132 Å². The van der Waals surface area contributed by atoms with E-state index in [1.165, 1.54) is 12.1 Å². The van der Waals surface area contributed by atoms with Gasteiger partial charge in [-0.15, -0.1) is 0 Å². The van der Waals surface area contributed by atoms with Crippen molar-refractivity contribution in [3.8, 4) is 0 Å². The Bertz CT molecular complexity index is 1280. The van der Waals surface area contributed by atoms with E-state index in [9.17, 15) is 13.2 Å². The molecule has 9 nitrogen and oxygen atoms in total. The van der Waals surface area contributed by atoms with Gasteiger partial charge in [0.15, 0.2) is 0 Å². The number of amides is 1. The second kappa shape index (κ2) is 7.03. The maximum atomic E-state index is 13.1. The molecule has 1 saturated carbocycles. The van der Waals surface area contributed by atoms with Crippen LogP contribution in [0.1, 0.15) is 50.8 Å². The van der Waals surface area contributed by atoms with Crippen molar-refractivity contribution in [1.82, 2.24) is 19.9 Å². The quantitative estimate of drug-likeness (QED) is 0.574. The van der Waals surface area contributed by atoms with Gasteiger partial charge in [0.05, 0.1) is 10.9 Å². The van der Waals surface area contributed by atoms with E-state index in [4.69, 9.17) is 10.1 Å². The molecular formula is C21H24N6O3S. The minimum Gasteiger partial charge on any atom is -0.346 e. The Kier molecular flexibility index (Phi) is 4.52. The van der Waals surface area contributed by atoms with Gasteiger partial charge >= 0.3 is 0 Å². The van der Waals surface area contributed by atoms with Crippen LogP contribution < -0.4 is 15.8 Å².